The lowest BCUT2D eigenvalue weighted by Crippen LogP contribution is -2.21. The maximum Gasteiger partial charge on any atom is 0.0738 e. The fourth-order valence-corrected chi connectivity index (χ4v) is 3.56. The summed E-state index contributed by atoms with van der Waals surface area (Å²) in [6.45, 7) is 6.91. The highest BCUT2D eigenvalue weighted by molar-refractivity contribution is 5.87. The largest absolute Gasteiger partial charge is 0.383 e. The van der Waals surface area contributed by atoms with E-state index in [0.717, 1.165) is 26.1 Å². The van der Waals surface area contributed by atoms with Gasteiger partial charge in [0, 0.05) is 31.3 Å². The first-order chi connectivity index (χ1) is 10.7. The molecule has 22 heavy (non-hydrogen) atoms. The van der Waals surface area contributed by atoms with E-state index in [-0.39, 0.29) is 0 Å². The number of pyridine rings is 1. The van der Waals surface area contributed by atoms with Crippen molar-refractivity contribution in [2.24, 2.45) is 0 Å². The molecule has 0 aliphatic heterocycles. The number of aryl methyl sites for hydroxylation is 3. The molecule has 1 aliphatic carbocycles. The van der Waals surface area contributed by atoms with Crippen LogP contribution in [0.1, 0.15) is 40.8 Å². The molecule has 0 spiro atoms. The van der Waals surface area contributed by atoms with Crippen molar-refractivity contribution in [1.82, 2.24) is 10.3 Å². The molecule has 0 fully saturated rings. The average molecular weight is 298 g/mol. The Kier molecular flexibility index (Phi) is 4.74. The third-order valence-electron chi connectivity index (χ3n) is 4.60. The number of hydrogen-bond acceptors (Lipinski definition) is 3. The van der Waals surface area contributed by atoms with Crippen molar-refractivity contribution in [3.63, 3.8) is 0 Å². The number of nitrogens with zero attached hydrogens (tertiary/aromatic N) is 1. The van der Waals surface area contributed by atoms with Crippen LogP contribution in [0.2, 0.25) is 0 Å². The summed E-state index contributed by atoms with van der Waals surface area (Å²) in [4.78, 5) is 5.01. The Labute approximate surface area is 133 Å². The molecule has 0 amide bonds. The molecule has 3 nitrogen and oxygen atoms in total. The van der Waals surface area contributed by atoms with Crippen molar-refractivity contribution in [3.05, 3.63) is 40.1 Å². The van der Waals surface area contributed by atoms with Crippen molar-refractivity contribution in [3.8, 4) is 0 Å². The minimum atomic E-state index is 0.753. The van der Waals surface area contributed by atoms with E-state index in [0.29, 0.717) is 0 Å². The van der Waals surface area contributed by atoms with Crippen LogP contribution in [0.5, 0.6) is 0 Å². The number of rotatable bonds is 5. The van der Waals surface area contributed by atoms with Crippen molar-refractivity contribution >= 4 is 10.9 Å². The van der Waals surface area contributed by atoms with Crippen molar-refractivity contribution in [2.75, 3.05) is 20.3 Å². The second kappa shape index (κ2) is 6.76. The summed E-state index contributed by atoms with van der Waals surface area (Å²) >= 11 is 0. The minimum absolute atomic E-state index is 0.753. The van der Waals surface area contributed by atoms with E-state index in [9.17, 15) is 0 Å². The van der Waals surface area contributed by atoms with E-state index < -0.39 is 0 Å². The smallest absolute Gasteiger partial charge is 0.0738 e. The molecule has 0 saturated heterocycles. The maximum absolute atomic E-state index is 5.14. The van der Waals surface area contributed by atoms with Gasteiger partial charge in [0.25, 0.3) is 0 Å². The highest BCUT2D eigenvalue weighted by atomic mass is 16.5. The Hall–Kier alpha value is -1.45. The first-order valence-corrected chi connectivity index (χ1v) is 8.32. The maximum atomic E-state index is 5.14. The molecule has 1 N–H and O–H groups in total. The van der Waals surface area contributed by atoms with Gasteiger partial charge in [0.15, 0.2) is 0 Å². The van der Waals surface area contributed by atoms with Crippen molar-refractivity contribution in [2.45, 2.75) is 46.1 Å². The zero-order chi connectivity index (χ0) is 15.5. The zero-order valence-corrected chi connectivity index (χ0v) is 14.0. The number of hydrogen-bond donors (Lipinski definition) is 1. The molecule has 3 heteroatoms. The summed E-state index contributed by atoms with van der Waals surface area (Å²) in [5, 5.41) is 4.87. The summed E-state index contributed by atoms with van der Waals surface area (Å²) < 4.78 is 5.14. The third kappa shape index (κ3) is 3.01. The van der Waals surface area contributed by atoms with Gasteiger partial charge in [0.2, 0.25) is 0 Å². The number of methoxy groups -OCH3 is 1. The quantitative estimate of drug-likeness (QED) is 0.858. The van der Waals surface area contributed by atoms with E-state index in [4.69, 9.17) is 9.72 Å². The molecule has 118 valence electrons. The monoisotopic (exact) mass is 298 g/mol. The Balaban J connectivity index is 2.08. The number of fused-ring (bicyclic) bond motifs is 2. The fraction of sp³-hybridized carbons (Fsp3) is 0.526. The number of ether oxygens (including phenoxy) is 1. The molecule has 1 aliphatic rings. The van der Waals surface area contributed by atoms with Gasteiger partial charge in [-0.2, -0.15) is 0 Å². The molecular weight excluding hydrogens is 272 g/mol. The van der Waals surface area contributed by atoms with Crippen LogP contribution in [0.15, 0.2) is 12.1 Å². The van der Waals surface area contributed by atoms with Gasteiger partial charge in [0.1, 0.15) is 0 Å². The van der Waals surface area contributed by atoms with E-state index >= 15 is 0 Å². The lowest BCUT2D eigenvalue weighted by Gasteiger charge is -2.22. The molecule has 1 aromatic carbocycles. The lowest BCUT2D eigenvalue weighted by atomic mass is 9.88. The Morgan fingerprint density at radius 1 is 1.18 bits per heavy atom. The van der Waals surface area contributed by atoms with Gasteiger partial charge in [-0.25, -0.2) is 0 Å². The van der Waals surface area contributed by atoms with E-state index in [1.54, 1.807) is 7.11 Å². The van der Waals surface area contributed by atoms with Crippen LogP contribution in [-0.4, -0.2) is 25.2 Å². The molecule has 1 aromatic heterocycles. The molecule has 0 saturated carbocycles. The molecule has 0 atom stereocenters. The molecule has 3 rings (SSSR count). The van der Waals surface area contributed by atoms with Crippen LogP contribution in [0.3, 0.4) is 0 Å². The third-order valence-corrected chi connectivity index (χ3v) is 4.60. The van der Waals surface area contributed by atoms with Crippen LogP contribution >= 0.6 is 0 Å². The van der Waals surface area contributed by atoms with Crippen LogP contribution in [0.4, 0.5) is 0 Å². The molecular formula is C19H26N2O. The lowest BCUT2D eigenvalue weighted by molar-refractivity contribution is 0.199. The summed E-state index contributed by atoms with van der Waals surface area (Å²) in [6, 6.07) is 4.55. The minimum Gasteiger partial charge on any atom is -0.383 e. The normalized spacial score (nSPS) is 14.3. The average Bonchev–Trinajstić information content (AvgIpc) is 2.51. The first kappa shape index (κ1) is 15.4. The highest BCUT2D eigenvalue weighted by Gasteiger charge is 2.18. The van der Waals surface area contributed by atoms with E-state index in [1.165, 1.54) is 58.1 Å². The molecule has 1 heterocycles. The summed E-state index contributed by atoms with van der Waals surface area (Å²) in [5.74, 6) is 0. The second-order valence-electron chi connectivity index (χ2n) is 6.37. The van der Waals surface area contributed by atoms with Gasteiger partial charge in [-0.1, -0.05) is 11.6 Å². The molecule has 0 unspecified atom stereocenters. The summed E-state index contributed by atoms with van der Waals surface area (Å²) in [7, 11) is 1.75. The predicted octanol–water partition coefficient (Wildman–Crippen LogP) is 3.47. The second-order valence-corrected chi connectivity index (χ2v) is 6.37. The molecule has 0 bridgehead atoms. The van der Waals surface area contributed by atoms with Gasteiger partial charge >= 0.3 is 0 Å². The van der Waals surface area contributed by atoms with E-state index in [2.05, 4.69) is 31.3 Å². The SMILES string of the molecule is COCCNCc1c2c(nc3c(C)cc(C)cc13)CCCC2. The fourth-order valence-electron chi connectivity index (χ4n) is 3.56. The molecule has 0 radical (unpaired) electrons. The number of aromatic nitrogens is 1. The number of nitrogens with one attached hydrogen (secondary N) is 1. The van der Waals surface area contributed by atoms with Gasteiger partial charge < -0.3 is 10.1 Å². The Bertz CT molecular complexity index is 679. The highest BCUT2D eigenvalue weighted by Crippen LogP contribution is 2.31. The van der Waals surface area contributed by atoms with Gasteiger partial charge in [0.05, 0.1) is 12.1 Å². The van der Waals surface area contributed by atoms with Crippen LogP contribution in [0, 0.1) is 13.8 Å². The van der Waals surface area contributed by atoms with Gasteiger partial charge in [-0.15, -0.1) is 0 Å². The van der Waals surface area contributed by atoms with Crippen LogP contribution < -0.4 is 5.32 Å². The topological polar surface area (TPSA) is 34.1 Å². The summed E-state index contributed by atoms with van der Waals surface area (Å²) in [5.41, 5.74) is 8.09. The van der Waals surface area contributed by atoms with Crippen LogP contribution in [-0.2, 0) is 24.1 Å². The first-order valence-electron chi connectivity index (χ1n) is 8.32. The standard InChI is InChI=1S/C19H26N2O/c1-13-10-14(2)19-16(11-13)17(12-20-8-9-22-3)15-6-4-5-7-18(15)21-19/h10-11,20H,4-9,12H2,1-3H3. The van der Waals surface area contributed by atoms with Crippen molar-refractivity contribution in [1.29, 1.82) is 0 Å². The van der Waals surface area contributed by atoms with Gasteiger partial charge in [-0.05, 0) is 62.3 Å². The summed E-state index contributed by atoms with van der Waals surface area (Å²) in [6.07, 6.45) is 4.86. The van der Waals surface area contributed by atoms with Gasteiger partial charge in [-0.3, -0.25) is 4.98 Å². The Morgan fingerprint density at radius 3 is 2.82 bits per heavy atom. The predicted molar refractivity (Wildman–Crippen MR) is 91.4 cm³/mol. The van der Waals surface area contributed by atoms with Crippen molar-refractivity contribution < 1.29 is 4.74 Å². The van der Waals surface area contributed by atoms with E-state index in [1.807, 2.05) is 0 Å². The number of benzene rings is 1. The molecule has 2 aromatic rings. The zero-order valence-electron chi connectivity index (χ0n) is 14.0. The Morgan fingerprint density at radius 2 is 2.00 bits per heavy atom. The van der Waals surface area contributed by atoms with Crippen LogP contribution in [0.25, 0.3) is 10.9 Å².